The van der Waals surface area contributed by atoms with Gasteiger partial charge in [-0.05, 0) is 34.0 Å². The van der Waals surface area contributed by atoms with E-state index in [1.54, 1.807) is 0 Å². The van der Waals surface area contributed by atoms with E-state index in [2.05, 4.69) is 6.07 Å². The van der Waals surface area contributed by atoms with Gasteiger partial charge in [-0.3, -0.25) is 4.79 Å². The molecule has 0 N–H and O–H groups in total. The van der Waals surface area contributed by atoms with E-state index in [0.717, 1.165) is 27.6 Å². The smallest absolute Gasteiger partial charge is 0.158 e. The zero-order chi connectivity index (χ0) is 17.8. The molecule has 0 aliphatic rings. The van der Waals surface area contributed by atoms with Gasteiger partial charge >= 0.3 is 0 Å². The number of benzene rings is 3. The SMILES string of the molecule is CN(C)c1cccc(C(C#N)C(=O)Cc2cccc3ccccc23)c1. The van der Waals surface area contributed by atoms with Gasteiger partial charge in [-0.2, -0.15) is 5.26 Å². The van der Waals surface area contributed by atoms with Gasteiger partial charge in [0.15, 0.2) is 5.78 Å². The van der Waals surface area contributed by atoms with Crippen LogP contribution in [-0.4, -0.2) is 19.9 Å². The summed E-state index contributed by atoms with van der Waals surface area (Å²) in [5.74, 6) is -0.825. The predicted octanol–water partition coefficient (Wildman–Crippen LogP) is 4.32. The molecule has 3 aromatic rings. The minimum atomic E-state index is -0.751. The van der Waals surface area contributed by atoms with Gasteiger partial charge in [0.25, 0.3) is 0 Å². The predicted molar refractivity (Wildman–Crippen MR) is 102 cm³/mol. The molecule has 3 aromatic carbocycles. The fourth-order valence-electron chi connectivity index (χ4n) is 3.05. The summed E-state index contributed by atoms with van der Waals surface area (Å²) in [6.07, 6.45) is 0.256. The maximum atomic E-state index is 12.8. The molecule has 3 heteroatoms. The Morgan fingerprint density at radius 1 is 1.04 bits per heavy atom. The van der Waals surface area contributed by atoms with E-state index >= 15 is 0 Å². The van der Waals surface area contributed by atoms with Gasteiger partial charge < -0.3 is 4.90 Å². The van der Waals surface area contributed by atoms with Gasteiger partial charge in [-0.15, -0.1) is 0 Å². The highest BCUT2D eigenvalue weighted by atomic mass is 16.1. The van der Waals surface area contributed by atoms with Crippen LogP contribution in [0, 0.1) is 11.3 Å². The third-order valence-electron chi connectivity index (χ3n) is 4.42. The van der Waals surface area contributed by atoms with Crippen LogP contribution in [0.1, 0.15) is 17.0 Å². The van der Waals surface area contributed by atoms with Gasteiger partial charge in [0.1, 0.15) is 5.92 Å². The first-order valence-electron chi connectivity index (χ1n) is 8.26. The highest BCUT2D eigenvalue weighted by molar-refractivity contribution is 5.95. The van der Waals surface area contributed by atoms with Gasteiger partial charge in [-0.1, -0.05) is 54.6 Å². The molecule has 0 bridgehead atoms. The van der Waals surface area contributed by atoms with E-state index in [4.69, 9.17) is 0 Å². The molecule has 3 rings (SSSR count). The van der Waals surface area contributed by atoms with Crippen LogP contribution < -0.4 is 4.90 Å². The number of carbonyl (C=O) groups excluding carboxylic acids is 1. The monoisotopic (exact) mass is 328 g/mol. The van der Waals surface area contributed by atoms with E-state index in [-0.39, 0.29) is 12.2 Å². The molecule has 25 heavy (non-hydrogen) atoms. The van der Waals surface area contributed by atoms with E-state index in [1.807, 2.05) is 85.7 Å². The number of nitrogens with zero attached hydrogens (tertiary/aromatic N) is 2. The van der Waals surface area contributed by atoms with E-state index in [1.165, 1.54) is 0 Å². The Balaban J connectivity index is 1.91. The summed E-state index contributed by atoms with van der Waals surface area (Å²) in [7, 11) is 3.89. The second-order valence-electron chi connectivity index (χ2n) is 6.33. The molecule has 0 aliphatic heterocycles. The number of anilines is 1. The van der Waals surface area contributed by atoms with Gasteiger partial charge in [0, 0.05) is 26.2 Å². The van der Waals surface area contributed by atoms with Crippen molar-refractivity contribution in [2.45, 2.75) is 12.3 Å². The number of Topliss-reactive ketones (excluding diaryl/α,β-unsaturated/α-hetero) is 1. The highest BCUT2D eigenvalue weighted by Gasteiger charge is 2.21. The number of nitriles is 1. The fourth-order valence-corrected chi connectivity index (χ4v) is 3.05. The number of fused-ring (bicyclic) bond motifs is 1. The molecule has 0 aliphatic carbocycles. The zero-order valence-electron chi connectivity index (χ0n) is 14.4. The van der Waals surface area contributed by atoms with Crippen molar-refractivity contribution in [3.05, 3.63) is 77.9 Å². The number of hydrogen-bond acceptors (Lipinski definition) is 3. The molecule has 0 radical (unpaired) electrons. The van der Waals surface area contributed by atoms with E-state index in [0.29, 0.717) is 0 Å². The van der Waals surface area contributed by atoms with Crippen LogP contribution >= 0.6 is 0 Å². The molecule has 1 atom stereocenters. The second kappa shape index (κ2) is 7.19. The van der Waals surface area contributed by atoms with E-state index < -0.39 is 5.92 Å². The molecule has 0 spiro atoms. The lowest BCUT2D eigenvalue weighted by Crippen LogP contribution is -2.15. The van der Waals surface area contributed by atoms with E-state index in [9.17, 15) is 10.1 Å². The maximum absolute atomic E-state index is 12.8. The van der Waals surface area contributed by atoms with Crippen LogP contribution in [0.15, 0.2) is 66.7 Å². The van der Waals surface area contributed by atoms with Crippen molar-refractivity contribution >= 4 is 22.2 Å². The first-order chi connectivity index (χ1) is 12.1. The van der Waals surface area contributed by atoms with Crippen LogP contribution in [-0.2, 0) is 11.2 Å². The summed E-state index contributed by atoms with van der Waals surface area (Å²) < 4.78 is 0. The van der Waals surface area contributed by atoms with Crippen LogP contribution in [0.25, 0.3) is 10.8 Å². The maximum Gasteiger partial charge on any atom is 0.158 e. The number of hydrogen-bond donors (Lipinski definition) is 0. The largest absolute Gasteiger partial charge is 0.378 e. The Hall–Kier alpha value is -3.12. The lowest BCUT2D eigenvalue weighted by atomic mass is 9.90. The Kier molecular flexibility index (Phi) is 4.81. The normalized spacial score (nSPS) is 11.7. The standard InChI is InChI=1S/C22H20N2O/c1-24(2)19-11-6-10-17(13-19)21(15-23)22(25)14-18-9-5-8-16-7-3-4-12-20(16)18/h3-13,21H,14H2,1-2H3. The summed E-state index contributed by atoms with van der Waals surface area (Å²) in [6.45, 7) is 0. The quantitative estimate of drug-likeness (QED) is 0.700. The molecule has 0 heterocycles. The summed E-state index contributed by atoms with van der Waals surface area (Å²) in [5, 5.41) is 11.8. The summed E-state index contributed by atoms with van der Waals surface area (Å²) >= 11 is 0. The Labute approximate surface area is 148 Å². The molecule has 0 fully saturated rings. The topological polar surface area (TPSA) is 44.1 Å². The molecule has 0 amide bonds. The molecule has 0 saturated heterocycles. The second-order valence-corrected chi connectivity index (χ2v) is 6.33. The van der Waals surface area contributed by atoms with Crippen LogP contribution in [0.5, 0.6) is 0 Å². The van der Waals surface area contributed by atoms with Crippen molar-refractivity contribution in [3.8, 4) is 6.07 Å². The van der Waals surface area contributed by atoms with Crippen molar-refractivity contribution in [1.82, 2.24) is 0 Å². The van der Waals surface area contributed by atoms with Crippen molar-refractivity contribution in [1.29, 1.82) is 5.26 Å². The zero-order valence-corrected chi connectivity index (χ0v) is 14.4. The molecule has 1 unspecified atom stereocenters. The third-order valence-corrected chi connectivity index (χ3v) is 4.42. The molecule has 124 valence electrons. The van der Waals surface area contributed by atoms with Gasteiger partial charge in [0.05, 0.1) is 6.07 Å². The lowest BCUT2D eigenvalue weighted by molar-refractivity contribution is -0.118. The molecule has 0 aromatic heterocycles. The average Bonchev–Trinajstić information content (AvgIpc) is 2.63. The first-order valence-corrected chi connectivity index (χ1v) is 8.26. The summed E-state index contributed by atoms with van der Waals surface area (Å²) in [5.41, 5.74) is 2.70. The number of ketones is 1. The molecular weight excluding hydrogens is 308 g/mol. The van der Waals surface area contributed by atoms with Crippen molar-refractivity contribution in [2.75, 3.05) is 19.0 Å². The Morgan fingerprint density at radius 2 is 1.76 bits per heavy atom. The third kappa shape index (κ3) is 3.54. The number of rotatable bonds is 5. The summed E-state index contributed by atoms with van der Waals surface area (Å²) in [6, 6.07) is 23.8. The molecular formula is C22H20N2O. The minimum absolute atomic E-state index is 0.0743. The van der Waals surface area contributed by atoms with Gasteiger partial charge in [-0.25, -0.2) is 0 Å². The average molecular weight is 328 g/mol. The fraction of sp³-hybridized carbons (Fsp3) is 0.182. The number of carbonyl (C=O) groups is 1. The Morgan fingerprint density at radius 3 is 2.52 bits per heavy atom. The van der Waals surface area contributed by atoms with Crippen molar-refractivity contribution in [3.63, 3.8) is 0 Å². The van der Waals surface area contributed by atoms with Crippen LogP contribution in [0.4, 0.5) is 5.69 Å². The Bertz CT molecular complexity index is 948. The van der Waals surface area contributed by atoms with Crippen LogP contribution in [0.2, 0.25) is 0 Å². The van der Waals surface area contributed by atoms with Crippen molar-refractivity contribution < 1.29 is 4.79 Å². The van der Waals surface area contributed by atoms with Gasteiger partial charge in [0.2, 0.25) is 0 Å². The minimum Gasteiger partial charge on any atom is -0.378 e. The lowest BCUT2D eigenvalue weighted by Gasteiger charge is -2.15. The highest BCUT2D eigenvalue weighted by Crippen LogP contribution is 2.25. The first kappa shape index (κ1) is 16.7. The molecule has 0 saturated carbocycles. The molecule has 3 nitrogen and oxygen atoms in total. The van der Waals surface area contributed by atoms with Crippen molar-refractivity contribution in [2.24, 2.45) is 0 Å². The summed E-state index contributed by atoms with van der Waals surface area (Å²) in [4.78, 5) is 14.8. The van der Waals surface area contributed by atoms with Crippen LogP contribution in [0.3, 0.4) is 0 Å².